The summed E-state index contributed by atoms with van der Waals surface area (Å²) in [6.45, 7) is 8.49. The van der Waals surface area contributed by atoms with Crippen LogP contribution in [0.15, 0.2) is 6.07 Å². The summed E-state index contributed by atoms with van der Waals surface area (Å²) in [5.74, 6) is 0.669. The van der Waals surface area contributed by atoms with E-state index >= 15 is 0 Å². The molecule has 0 saturated carbocycles. The number of ketones is 1. The highest BCUT2D eigenvalue weighted by Crippen LogP contribution is 2.23. The third-order valence-electron chi connectivity index (χ3n) is 3.98. The number of aryl methyl sites for hydroxylation is 1. The summed E-state index contributed by atoms with van der Waals surface area (Å²) in [4.78, 5) is 12.1. The number of rotatable bonds is 4. The molecular formula is C15H22ClNO2. The summed E-state index contributed by atoms with van der Waals surface area (Å²) in [5, 5.41) is -0.461. The Hall–Kier alpha value is -0.800. The predicted octanol–water partition coefficient (Wildman–Crippen LogP) is 3.34. The van der Waals surface area contributed by atoms with E-state index in [1.54, 1.807) is 6.92 Å². The molecule has 0 bridgehead atoms. The maximum Gasteiger partial charge on any atom is 0.182 e. The fraction of sp³-hybridized carbons (Fsp3) is 0.667. The van der Waals surface area contributed by atoms with Gasteiger partial charge in [0, 0.05) is 36.7 Å². The second-order valence-corrected chi connectivity index (χ2v) is 6.09. The number of hydrogen-bond donors (Lipinski definition) is 0. The van der Waals surface area contributed by atoms with Gasteiger partial charge < -0.3 is 9.30 Å². The maximum atomic E-state index is 12.1. The van der Waals surface area contributed by atoms with Gasteiger partial charge in [-0.15, -0.1) is 11.6 Å². The Bertz CT molecular complexity index is 459. The molecule has 1 aliphatic rings. The van der Waals surface area contributed by atoms with Gasteiger partial charge in [-0.25, -0.2) is 0 Å². The summed E-state index contributed by atoms with van der Waals surface area (Å²) in [5.41, 5.74) is 2.96. The zero-order chi connectivity index (χ0) is 14.0. The quantitative estimate of drug-likeness (QED) is 0.627. The van der Waals surface area contributed by atoms with Gasteiger partial charge in [-0.3, -0.25) is 4.79 Å². The van der Waals surface area contributed by atoms with Crippen molar-refractivity contribution >= 4 is 17.4 Å². The molecule has 106 valence electrons. The molecule has 3 nitrogen and oxygen atoms in total. The van der Waals surface area contributed by atoms with Gasteiger partial charge in [0.1, 0.15) is 0 Å². The van der Waals surface area contributed by atoms with Crippen molar-refractivity contribution < 1.29 is 9.53 Å². The average molecular weight is 284 g/mol. The number of ether oxygens (including phenoxy) is 1. The van der Waals surface area contributed by atoms with Crippen molar-refractivity contribution in [2.75, 3.05) is 13.2 Å². The second-order valence-electron chi connectivity index (χ2n) is 5.43. The van der Waals surface area contributed by atoms with Crippen LogP contribution in [-0.4, -0.2) is 28.9 Å². The van der Waals surface area contributed by atoms with Gasteiger partial charge in [-0.1, -0.05) is 0 Å². The fourth-order valence-corrected chi connectivity index (χ4v) is 2.85. The molecule has 0 spiro atoms. The van der Waals surface area contributed by atoms with Gasteiger partial charge in [-0.05, 0) is 45.6 Å². The summed E-state index contributed by atoms with van der Waals surface area (Å²) in [6, 6.07) is 1.97. The molecule has 1 aromatic heterocycles. The van der Waals surface area contributed by atoms with Gasteiger partial charge in [0.15, 0.2) is 5.78 Å². The first kappa shape index (κ1) is 14.6. The molecular weight excluding hydrogens is 262 g/mol. The average Bonchev–Trinajstić information content (AvgIpc) is 2.67. The van der Waals surface area contributed by atoms with Gasteiger partial charge in [0.2, 0.25) is 0 Å². The van der Waals surface area contributed by atoms with Crippen LogP contribution in [0.5, 0.6) is 0 Å². The van der Waals surface area contributed by atoms with Crippen molar-refractivity contribution in [1.29, 1.82) is 0 Å². The summed E-state index contributed by atoms with van der Waals surface area (Å²) in [7, 11) is 0. The number of alkyl halides is 1. The normalized spacial score (nSPS) is 18.5. The molecule has 0 radical (unpaired) electrons. The Balaban J connectivity index is 2.19. The van der Waals surface area contributed by atoms with Crippen molar-refractivity contribution in [3.05, 3.63) is 23.0 Å². The molecule has 19 heavy (non-hydrogen) atoms. The first-order valence-electron chi connectivity index (χ1n) is 6.93. The highest BCUT2D eigenvalue weighted by Gasteiger charge is 2.21. The highest BCUT2D eigenvalue weighted by atomic mass is 35.5. The molecule has 1 aliphatic heterocycles. The number of aromatic nitrogens is 1. The number of nitrogens with zero attached hydrogens (tertiary/aromatic N) is 1. The summed E-state index contributed by atoms with van der Waals surface area (Å²) >= 11 is 5.91. The van der Waals surface area contributed by atoms with Crippen LogP contribution in [0.1, 0.15) is 41.5 Å². The minimum atomic E-state index is -0.461. The number of carbonyl (C=O) groups excluding carboxylic acids is 1. The van der Waals surface area contributed by atoms with Crippen molar-refractivity contribution in [1.82, 2.24) is 4.57 Å². The van der Waals surface area contributed by atoms with Crippen molar-refractivity contribution in [2.45, 2.75) is 45.5 Å². The molecule has 0 aromatic carbocycles. The van der Waals surface area contributed by atoms with Gasteiger partial charge >= 0.3 is 0 Å². The van der Waals surface area contributed by atoms with E-state index in [2.05, 4.69) is 11.5 Å². The topological polar surface area (TPSA) is 31.2 Å². The fourth-order valence-electron chi connectivity index (χ4n) is 2.73. The molecule has 0 aliphatic carbocycles. The highest BCUT2D eigenvalue weighted by molar-refractivity contribution is 6.33. The van der Waals surface area contributed by atoms with E-state index < -0.39 is 5.38 Å². The molecule has 4 heteroatoms. The van der Waals surface area contributed by atoms with E-state index in [0.717, 1.165) is 49.6 Å². The molecule has 1 unspecified atom stereocenters. The predicted molar refractivity (Wildman–Crippen MR) is 77.1 cm³/mol. The molecule has 1 fully saturated rings. The van der Waals surface area contributed by atoms with Crippen LogP contribution in [-0.2, 0) is 11.3 Å². The lowest BCUT2D eigenvalue weighted by Gasteiger charge is -2.24. The lowest BCUT2D eigenvalue weighted by atomic mass is 10.00. The molecule has 0 N–H and O–H groups in total. The maximum absolute atomic E-state index is 12.1. The lowest BCUT2D eigenvalue weighted by Crippen LogP contribution is -2.21. The third-order valence-corrected chi connectivity index (χ3v) is 4.18. The van der Waals surface area contributed by atoms with E-state index in [-0.39, 0.29) is 5.78 Å². The molecule has 2 rings (SSSR count). The van der Waals surface area contributed by atoms with Gasteiger partial charge in [0.25, 0.3) is 0 Å². The third kappa shape index (κ3) is 3.21. The number of hydrogen-bond acceptors (Lipinski definition) is 2. The Labute approximate surface area is 119 Å². The SMILES string of the molecule is Cc1cc(C(=O)C(C)Cl)c(C)n1CC1CCOCC1. The standard InChI is InChI=1S/C15H22ClNO2/c1-10-8-14(15(18)11(2)16)12(3)17(10)9-13-4-6-19-7-5-13/h8,11,13H,4-7,9H2,1-3H3. The van der Waals surface area contributed by atoms with E-state index in [4.69, 9.17) is 16.3 Å². The van der Waals surface area contributed by atoms with Crippen LogP contribution in [0.4, 0.5) is 0 Å². The first-order valence-corrected chi connectivity index (χ1v) is 7.37. The Morgan fingerprint density at radius 1 is 1.47 bits per heavy atom. The van der Waals surface area contributed by atoms with Crippen LogP contribution in [0.2, 0.25) is 0 Å². The van der Waals surface area contributed by atoms with E-state index in [0.29, 0.717) is 5.92 Å². The van der Waals surface area contributed by atoms with Crippen LogP contribution >= 0.6 is 11.6 Å². The summed E-state index contributed by atoms with van der Waals surface area (Å²) in [6.07, 6.45) is 2.21. The molecule has 1 atom stereocenters. The monoisotopic (exact) mass is 283 g/mol. The van der Waals surface area contributed by atoms with Crippen LogP contribution in [0, 0.1) is 19.8 Å². The number of Topliss-reactive ketones (excluding diaryl/α,β-unsaturated/α-hetero) is 1. The van der Waals surface area contributed by atoms with E-state index in [1.165, 1.54) is 0 Å². The zero-order valence-corrected chi connectivity index (χ0v) is 12.7. The van der Waals surface area contributed by atoms with Gasteiger partial charge in [-0.2, -0.15) is 0 Å². The minimum Gasteiger partial charge on any atom is -0.381 e. The van der Waals surface area contributed by atoms with Gasteiger partial charge in [0.05, 0.1) is 5.38 Å². The van der Waals surface area contributed by atoms with Crippen molar-refractivity contribution in [3.63, 3.8) is 0 Å². The van der Waals surface area contributed by atoms with Crippen LogP contribution in [0.3, 0.4) is 0 Å². The molecule has 1 saturated heterocycles. The first-order chi connectivity index (χ1) is 9.00. The zero-order valence-electron chi connectivity index (χ0n) is 11.9. The van der Waals surface area contributed by atoms with Crippen molar-refractivity contribution in [3.8, 4) is 0 Å². The minimum absolute atomic E-state index is 0.0213. The number of halogens is 1. The van der Waals surface area contributed by atoms with E-state index in [9.17, 15) is 4.79 Å². The molecule has 0 amide bonds. The Kier molecular flexibility index (Phi) is 4.69. The van der Waals surface area contributed by atoms with Crippen molar-refractivity contribution in [2.24, 2.45) is 5.92 Å². The smallest absolute Gasteiger partial charge is 0.182 e. The Morgan fingerprint density at radius 3 is 2.68 bits per heavy atom. The molecule has 1 aromatic rings. The lowest BCUT2D eigenvalue weighted by molar-refractivity contribution is 0.0609. The van der Waals surface area contributed by atoms with E-state index in [1.807, 2.05) is 13.0 Å². The van der Waals surface area contributed by atoms with Crippen LogP contribution in [0.25, 0.3) is 0 Å². The second kappa shape index (κ2) is 6.10. The van der Waals surface area contributed by atoms with Crippen LogP contribution < -0.4 is 0 Å². The number of carbonyl (C=O) groups is 1. The summed E-state index contributed by atoms with van der Waals surface area (Å²) < 4.78 is 7.64. The molecule has 2 heterocycles. The largest absolute Gasteiger partial charge is 0.381 e. The Morgan fingerprint density at radius 2 is 2.11 bits per heavy atom.